The van der Waals surface area contributed by atoms with Crippen LogP contribution in [-0.2, 0) is 4.79 Å². The van der Waals surface area contributed by atoms with Crippen LogP contribution in [0.15, 0.2) is 12.2 Å². The first-order valence-corrected chi connectivity index (χ1v) is 3.68. The molecule has 2 heteroatoms. The van der Waals surface area contributed by atoms with Gasteiger partial charge in [-0.05, 0) is 25.3 Å². The fourth-order valence-electron chi connectivity index (χ4n) is 1.92. The van der Waals surface area contributed by atoms with Gasteiger partial charge >= 0.3 is 0 Å². The first-order valence-electron chi connectivity index (χ1n) is 3.68. The van der Waals surface area contributed by atoms with Gasteiger partial charge in [0.1, 0.15) is 5.60 Å². The number of rotatable bonds is 0. The Hall–Kier alpha value is -0.630. The molecule has 54 valence electrons. The fraction of sp³-hybridized carbons (Fsp3) is 0.625. The number of ketones is 1. The van der Waals surface area contributed by atoms with Gasteiger partial charge in [0.2, 0.25) is 0 Å². The standard InChI is InChI=1S/C8H10O2/c9-7-4-3-6-2-1-5-8(6,7)10/h3-4,6,10H,1-2,5H2. The van der Waals surface area contributed by atoms with E-state index in [0.29, 0.717) is 6.42 Å². The molecule has 0 radical (unpaired) electrons. The zero-order valence-corrected chi connectivity index (χ0v) is 5.71. The van der Waals surface area contributed by atoms with E-state index >= 15 is 0 Å². The van der Waals surface area contributed by atoms with E-state index in [1.54, 1.807) is 0 Å². The molecule has 2 aliphatic carbocycles. The fourth-order valence-corrected chi connectivity index (χ4v) is 1.92. The Morgan fingerprint density at radius 3 is 3.20 bits per heavy atom. The Balaban J connectivity index is 2.36. The summed E-state index contributed by atoms with van der Waals surface area (Å²) in [5.74, 6) is 0.0370. The van der Waals surface area contributed by atoms with Crippen molar-refractivity contribution < 1.29 is 9.90 Å². The van der Waals surface area contributed by atoms with E-state index in [2.05, 4.69) is 0 Å². The van der Waals surface area contributed by atoms with Crippen LogP contribution in [-0.4, -0.2) is 16.5 Å². The molecule has 0 bridgehead atoms. The zero-order chi connectivity index (χ0) is 7.19. The molecule has 2 atom stereocenters. The maximum Gasteiger partial charge on any atom is 0.187 e. The van der Waals surface area contributed by atoms with Crippen LogP contribution in [0, 0.1) is 5.92 Å². The second-order valence-electron chi connectivity index (χ2n) is 3.15. The summed E-state index contributed by atoms with van der Waals surface area (Å²) in [6.45, 7) is 0. The average molecular weight is 138 g/mol. The summed E-state index contributed by atoms with van der Waals surface area (Å²) in [6, 6.07) is 0. The van der Waals surface area contributed by atoms with Crippen LogP contribution in [0.2, 0.25) is 0 Å². The van der Waals surface area contributed by atoms with Crippen LogP contribution < -0.4 is 0 Å². The van der Waals surface area contributed by atoms with Crippen molar-refractivity contribution in [2.24, 2.45) is 5.92 Å². The molecular formula is C8H10O2. The van der Waals surface area contributed by atoms with Crippen molar-refractivity contribution in [1.29, 1.82) is 0 Å². The lowest BCUT2D eigenvalue weighted by Gasteiger charge is -2.19. The van der Waals surface area contributed by atoms with Gasteiger partial charge in [-0.3, -0.25) is 4.79 Å². The highest BCUT2D eigenvalue weighted by Gasteiger charge is 2.47. The van der Waals surface area contributed by atoms with E-state index in [0.717, 1.165) is 12.8 Å². The number of carbonyl (C=O) groups is 1. The van der Waals surface area contributed by atoms with Gasteiger partial charge < -0.3 is 5.11 Å². The summed E-state index contributed by atoms with van der Waals surface area (Å²) >= 11 is 0. The lowest BCUT2D eigenvalue weighted by molar-refractivity contribution is -0.132. The predicted molar refractivity (Wildman–Crippen MR) is 36.4 cm³/mol. The van der Waals surface area contributed by atoms with Crippen LogP contribution in [0.25, 0.3) is 0 Å². The van der Waals surface area contributed by atoms with E-state index in [1.165, 1.54) is 6.08 Å². The molecule has 10 heavy (non-hydrogen) atoms. The highest BCUT2D eigenvalue weighted by molar-refractivity contribution is 6.00. The van der Waals surface area contributed by atoms with Crippen molar-refractivity contribution in [3.05, 3.63) is 12.2 Å². The van der Waals surface area contributed by atoms with Gasteiger partial charge in [-0.2, -0.15) is 0 Å². The summed E-state index contributed by atoms with van der Waals surface area (Å²) in [5, 5.41) is 9.69. The Labute approximate surface area is 59.5 Å². The molecule has 0 aromatic carbocycles. The Bertz CT molecular complexity index is 207. The number of fused-ring (bicyclic) bond motifs is 1. The zero-order valence-electron chi connectivity index (χ0n) is 5.71. The topological polar surface area (TPSA) is 37.3 Å². The highest BCUT2D eigenvalue weighted by atomic mass is 16.3. The van der Waals surface area contributed by atoms with Crippen LogP contribution >= 0.6 is 0 Å². The third-order valence-corrected chi connectivity index (χ3v) is 2.59. The second-order valence-corrected chi connectivity index (χ2v) is 3.15. The molecule has 2 unspecified atom stereocenters. The first-order chi connectivity index (χ1) is 4.73. The molecule has 1 fully saturated rings. The van der Waals surface area contributed by atoms with Crippen molar-refractivity contribution in [2.75, 3.05) is 0 Å². The SMILES string of the molecule is O=C1C=CC2CCCC12O. The largest absolute Gasteiger partial charge is 0.381 e. The van der Waals surface area contributed by atoms with E-state index in [-0.39, 0.29) is 11.7 Å². The molecule has 1 N–H and O–H groups in total. The van der Waals surface area contributed by atoms with Gasteiger partial charge in [0, 0.05) is 5.92 Å². The quantitative estimate of drug-likeness (QED) is 0.533. The molecule has 1 saturated carbocycles. The molecule has 2 nitrogen and oxygen atoms in total. The summed E-state index contributed by atoms with van der Waals surface area (Å²) < 4.78 is 0. The number of carbonyl (C=O) groups excluding carboxylic acids is 1. The third-order valence-electron chi connectivity index (χ3n) is 2.59. The minimum absolute atomic E-state index is 0.0880. The lowest BCUT2D eigenvalue weighted by atomic mass is 9.93. The van der Waals surface area contributed by atoms with E-state index in [4.69, 9.17) is 0 Å². The summed E-state index contributed by atoms with van der Waals surface area (Å²) in [6.07, 6.45) is 5.97. The normalized spacial score (nSPS) is 44.5. The second kappa shape index (κ2) is 1.70. The monoisotopic (exact) mass is 138 g/mol. The van der Waals surface area contributed by atoms with E-state index in [1.807, 2.05) is 6.08 Å². The Morgan fingerprint density at radius 2 is 2.50 bits per heavy atom. The predicted octanol–water partition coefficient (Wildman–Crippen LogP) is 0.656. The van der Waals surface area contributed by atoms with E-state index in [9.17, 15) is 9.90 Å². The lowest BCUT2D eigenvalue weighted by Crippen LogP contribution is -2.36. The maximum atomic E-state index is 11.0. The molecular weight excluding hydrogens is 128 g/mol. The van der Waals surface area contributed by atoms with Gasteiger partial charge in [-0.25, -0.2) is 0 Å². The van der Waals surface area contributed by atoms with E-state index < -0.39 is 5.60 Å². The van der Waals surface area contributed by atoms with Crippen LogP contribution in [0.1, 0.15) is 19.3 Å². The number of hydrogen-bond acceptors (Lipinski definition) is 2. The minimum atomic E-state index is -0.986. The molecule has 0 amide bonds. The van der Waals surface area contributed by atoms with Gasteiger partial charge in [0.05, 0.1) is 0 Å². The van der Waals surface area contributed by atoms with Crippen molar-refractivity contribution in [2.45, 2.75) is 24.9 Å². The molecule has 2 rings (SSSR count). The summed E-state index contributed by atoms with van der Waals surface area (Å²) in [7, 11) is 0. The van der Waals surface area contributed by atoms with Gasteiger partial charge in [-0.1, -0.05) is 6.08 Å². The van der Waals surface area contributed by atoms with Gasteiger partial charge in [0.25, 0.3) is 0 Å². The molecule has 0 saturated heterocycles. The highest BCUT2D eigenvalue weighted by Crippen LogP contribution is 2.41. The molecule has 0 aromatic rings. The Morgan fingerprint density at radius 1 is 1.70 bits per heavy atom. The smallest absolute Gasteiger partial charge is 0.187 e. The molecule has 0 aromatic heterocycles. The van der Waals surface area contributed by atoms with Crippen LogP contribution in [0.5, 0.6) is 0 Å². The maximum absolute atomic E-state index is 11.0. The van der Waals surface area contributed by atoms with Crippen molar-refractivity contribution in [3.8, 4) is 0 Å². The van der Waals surface area contributed by atoms with Gasteiger partial charge in [0.15, 0.2) is 5.78 Å². The first kappa shape index (κ1) is 6.10. The average Bonchev–Trinajstić information content (AvgIpc) is 2.36. The number of hydrogen-bond donors (Lipinski definition) is 1. The summed E-state index contributed by atoms with van der Waals surface area (Å²) in [4.78, 5) is 11.0. The van der Waals surface area contributed by atoms with Crippen molar-refractivity contribution >= 4 is 5.78 Å². The molecule has 0 heterocycles. The van der Waals surface area contributed by atoms with Crippen molar-refractivity contribution in [1.82, 2.24) is 0 Å². The van der Waals surface area contributed by atoms with Gasteiger partial charge in [-0.15, -0.1) is 0 Å². The summed E-state index contributed by atoms with van der Waals surface area (Å²) in [5.41, 5.74) is -0.986. The van der Waals surface area contributed by atoms with Crippen molar-refractivity contribution in [3.63, 3.8) is 0 Å². The minimum Gasteiger partial charge on any atom is -0.381 e. The Kier molecular flexibility index (Phi) is 1.04. The van der Waals surface area contributed by atoms with Crippen LogP contribution in [0.3, 0.4) is 0 Å². The molecule has 0 spiro atoms. The molecule has 0 aliphatic heterocycles. The number of aliphatic hydroxyl groups is 1. The molecule has 2 aliphatic rings. The third kappa shape index (κ3) is 0.548. The van der Waals surface area contributed by atoms with Crippen LogP contribution in [0.4, 0.5) is 0 Å².